The van der Waals surface area contributed by atoms with E-state index in [9.17, 15) is 9.90 Å². The number of aliphatic hydroxyl groups is 1. The fourth-order valence-electron chi connectivity index (χ4n) is 1.98. The summed E-state index contributed by atoms with van der Waals surface area (Å²) in [5.74, 6) is -0.533. The quantitative estimate of drug-likeness (QED) is 0.852. The van der Waals surface area contributed by atoms with Gasteiger partial charge in [-0.25, -0.2) is 0 Å². The van der Waals surface area contributed by atoms with E-state index in [1.807, 2.05) is 36.4 Å². The van der Waals surface area contributed by atoms with Gasteiger partial charge in [0.05, 0.1) is 0 Å². The molecule has 19 heavy (non-hydrogen) atoms. The number of amides is 1. The maximum Gasteiger partial charge on any atom is 0.251 e. The molecule has 0 aromatic heterocycles. The average Bonchev–Trinajstić information content (AvgIpc) is 2.46. The Morgan fingerprint density at radius 1 is 1.32 bits per heavy atom. The Morgan fingerprint density at radius 2 is 2.05 bits per heavy atom. The summed E-state index contributed by atoms with van der Waals surface area (Å²) in [7, 11) is 0. The van der Waals surface area contributed by atoms with Crippen LogP contribution in [0.5, 0.6) is 0 Å². The molecular formula is C15H16N2O2. The van der Waals surface area contributed by atoms with Crippen molar-refractivity contribution < 1.29 is 9.90 Å². The SMILES string of the molecule is NC(=O)C1(C=Cc2ccccc2)C=CC=CN1CO. The van der Waals surface area contributed by atoms with E-state index >= 15 is 0 Å². The third-order valence-electron chi connectivity index (χ3n) is 3.08. The van der Waals surface area contributed by atoms with Crippen LogP contribution in [0.2, 0.25) is 0 Å². The molecule has 1 amide bonds. The van der Waals surface area contributed by atoms with Crippen LogP contribution in [0, 0.1) is 0 Å². The van der Waals surface area contributed by atoms with Gasteiger partial charge in [-0.1, -0.05) is 42.5 Å². The maximum atomic E-state index is 11.8. The average molecular weight is 256 g/mol. The highest BCUT2D eigenvalue weighted by atomic mass is 16.3. The summed E-state index contributed by atoms with van der Waals surface area (Å²) >= 11 is 0. The topological polar surface area (TPSA) is 66.6 Å². The molecule has 1 aliphatic heterocycles. The minimum absolute atomic E-state index is 0.289. The monoisotopic (exact) mass is 256 g/mol. The van der Waals surface area contributed by atoms with Crippen molar-refractivity contribution in [3.63, 3.8) is 0 Å². The molecule has 1 aromatic rings. The Bertz CT molecular complexity index is 534. The summed E-state index contributed by atoms with van der Waals surface area (Å²) in [6.07, 6.45) is 10.3. The molecule has 1 atom stereocenters. The smallest absolute Gasteiger partial charge is 0.251 e. The van der Waals surface area contributed by atoms with Crippen LogP contribution in [0.3, 0.4) is 0 Å². The molecule has 0 saturated heterocycles. The van der Waals surface area contributed by atoms with Crippen LogP contribution >= 0.6 is 0 Å². The van der Waals surface area contributed by atoms with Gasteiger partial charge < -0.3 is 15.7 Å². The standard InChI is InChI=1S/C15H16N2O2/c16-14(19)15(9-4-5-11-17(15)12-18)10-8-13-6-2-1-3-7-13/h1-11,18H,12H2,(H2,16,19). The van der Waals surface area contributed by atoms with Gasteiger partial charge in [0.2, 0.25) is 0 Å². The van der Waals surface area contributed by atoms with Crippen molar-refractivity contribution in [3.05, 3.63) is 66.4 Å². The number of hydrogen-bond acceptors (Lipinski definition) is 3. The molecule has 0 radical (unpaired) electrons. The van der Waals surface area contributed by atoms with Gasteiger partial charge in [-0.05, 0) is 23.8 Å². The van der Waals surface area contributed by atoms with Crippen LogP contribution in [0.1, 0.15) is 5.56 Å². The molecule has 0 fully saturated rings. The van der Waals surface area contributed by atoms with Crippen molar-refractivity contribution in [1.29, 1.82) is 0 Å². The molecule has 1 unspecified atom stereocenters. The Labute approximate surface area is 112 Å². The minimum Gasteiger partial charge on any atom is -0.376 e. The second kappa shape index (κ2) is 5.54. The van der Waals surface area contributed by atoms with Gasteiger partial charge in [-0.3, -0.25) is 4.79 Å². The van der Waals surface area contributed by atoms with Gasteiger partial charge in [-0.2, -0.15) is 0 Å². The van der Waals surface area contributed by atoms with E-state index in [1.165, 1.54) is 4.90 Å². The molecule has 1 aliphatic rings. The molecule has 2 rings (SSSR count). The lowest BCUT2D eigenvalue weighted by molar-refractivity contribution is -0.125. The number of benzene rings is 1. The molecule has 1 aromatic carbocycles. The fourth-order valence-corrected chi connectivity index (χ4v) is 1.98. The highest BCUT2D eigenvalue weighted by molar-refractivity contribution is 5.91. The van der Waals surface area contributed by atoms with Crippen molar-refractivity contribution in [1.82, 2.24) is 4.90 Å². The van der Waals surface area contributed by atoms with E-state index in [4.69, 9.17) is 5.73 Å². The van der Waals surface area contributed by atoms with Gasteiger partial charge in [0.25, 0.3) is 5.91 Å². The number of rotatable bonds is 4. The van der Waals surface area contributed by atoms with E-state index in [-0.39, 0.29) is 6.73 Å². The summed E-state index contributed by atoms with van der Waals surface area (Å²) in [6, 6.07) is 9.60. The van der Waals surface area contributed by atoms with E-state index in [0.717, 1.165) is 5.56 Å². The molecule has 1 heterocycles. The number of nitrogens with two attached hydrogens (primary N) is 1. The summed E-state index contributed by atoms with van der Waals surface area (Å²) < 4.78 is 0. The Hall–Kier alpha value is -2.33. The summed E-state index contributed by atoms with van der Waals surface area (Å²) in [5, 5.41) is 9.37. The van der Waals surface area contributed by atoms with Gasteiger partial charge in [-0.15, -0.1) is 0 Å². The van der Waals surface area contributed by atoms with Crippen molar-refractivity contribution in [3.8, 4) is 0 Å². The summed E-state index contributed by atoms with van der Waals surface area (Å²) in [4.78, 5) is 13.3. The highest BCUT2D eigenvalue weighted by Crippen LogP contribution is 2.24. The molecule has 3 N–H and O–H groups in total. The molecule has 0 saturated carbocycles. The zero-order valence-corrected chi connectivity index (χ0v) is 10.4. The molecule has 4 nitrogen and oxygen atoms in total. The number of carbonyl (C=O) groups excluding carboxylic acids is 1. The third kappa shape index (κ3) is 2.58. The normalized spacial score (nSPS) is 22.1. The second-order valence-electron chi connectivity index (χ2n) is 4.25. The lowest BCUT2D eigenvalue weighted by Crippen LogP contribution is -2.53. The molecule has 4 heteroatoms. The van der Waals surface area contributed by atoms with E-state index in [0.29, 0.717) is 0 Å². The molecule has 98 valence electrons. The van der Waals surface area contributed by atoms with Gasteiger partial charge in [0.15, 0.2) is 5.54 Å². The predicted molar refractivity (Wildman–Crippen MR) is 74.6 cm³/mol. The first-order valence-corrected chi connectivity index (χ1v) is 5.97. The molecule has 0 aliphatic carbocycles. The van der Waals surface area contributed by atoms with Gasteiger partial charge in [0.1, 0.15) is 6.73 Å². The minimum atomic E-state index is -1.13. The summed E-state index contributed by atoms with van der Waals surface area (Å²) in [6.45, 7) is -0.289. The molecule has 0 bridgehead atoms. The van der Waals surface area contributed by atoms with Crippen molar-refractivity contribution in [2.75, 3.05) is 6.73 Å². The first kappa shape index (κ1) is 13.1. The van der Waals surface area contributed by atoms with Crippen LogP contribution in [0.4, 0.5) is 0 Å². The van der Waals surface area contributed by atoms with Gasteiger partial charge in [0, 0.05) is 6.20 Å². The molecule has 0 spiro atoms. The first-order valence-electron chi connectivity index (χ1n) is 5.97. The second-order valence-corrected chi connectivity index (χ2v) is 4.25. The van der Waals surface area contributed by atoms with Crippen LogP contribution in [0.25, 0.3) is 6.08 Å². The third-order valence-corrected chi connectivity index (χ3v) is 3.08. The predicted octanol–water partition coefficient (Wildman–Crippen LogP) is 1.26. The number of carbonyl (C=O) groups is 1. The maximum absolute atomic E-state index is 11.8. The van der Waals surface area contributed by atoms with Gasteiger partial charge >= 0.3 is 0 Å². The summed E-state index contributed by atoms with van der Waals surface area (Å²) in [5.41, 5.74) is 5.34. The number of aliphatic hydroxyl groups excluding tert-OH is 1. The van der Waals surface area contributed by atoms with E-state index < -0.39 is 11.4 Å². The van der Waals surface area contributed by atoms with Crippen LogP contribution in [-0.4, -0.2) is 28.2 Å². The van der Waals surface area contributed by atoms with E-state index in [2.05, 4.69) is 0 Å². The van der Waals surface area contributed by atoms with Crippen molar-refractivity contribution in [2.24, 2.45) is 5.73 Å². The first-order chi connectivity index (χ1) is 9.19. The Kier molecular flexibility index (Phi) is 3.82. The largest absolute Gasteiger partial charge is 0.376 e. The Balaban J connectivity index is 2.36. The number of hydrogen-bond donors (Lipinski definition) is 2. The number of nitrogens with zero attached hydrogens (tertiary/aromatic N) is 1. The zero-order valence-electron chi connectivity index (χ0n) is 10.4. The van der Waals surface area contributed by atoms with E-state index in [1.54, 1.807) is 30.5 Å². The van der Waals surface area contributed by atoms with Crippen LogP contribution < -0.4 is 5.73 Å². The Morgan fingerprint density at radius 3 is 2.68 bits per heavy atom. The van der Waals surface area contributed by atoms with Crippen molar-refractivity contribution in [2.45, 2.75) is 5.54 Å². The number of primary amides is 1. The lowest BCUT2D eigenvalue weighted by Gasteiger charge is -2.36. The zero-order chi connectivity index (χ0) is 13.7. The lowest BCUT2D eigenvalue weighted by atomic mass is 9.92. The highest BCUT2D eigenvalue weighted by Gasteiger charge is 2.37. The number of allylic oxidation sites excluding steroid dienone is 2. The molecular weight excluding hydrogens is 240 g/mol. The van der Waals surface area contributed by atoms with Crippen LogP contribution in [0.15, 0.2) is 60.8 Å². The fraction of sp³-hybridized carbons (Fsp3) is 0.133. The van der Waals surface area contributed by atoms with Crippen LogP contribution in [-0.2, 0) is 4.79 Å². The van der Waals surface area contributed by atoms with Crippen molar-refractivity contribution >= 4 is 12.0 Å².